The number of halogens is 3. The van der Waals surface area contributed by atoms with Gasteiger partial charge in [-0.25, -0.2) is 4.98 Å². The Bertz CT molecular complexity index is 802. The van der Waals surface area contributed by atoms with E-state index in [1.165, 1.54) is 0 Å². The van der Waals surface area contributed by atoms with E-state index in [4.69, 9.17) is 4.74 Å². The van der Waals surface area contributed by atoms with Gasteiger partial charge in [0.25, 0.3) is 5.56 Å². The van der Waals surface area contributed by atoms with Gasteiger partial charge in [-0.1, -0.05) is 18.2 Å². The van der Waals surface area contributed by atoms with Gasteiger partial charge in [0, 0.05) is 31.6 Å². The largest absolute Gasteiger partial charge is 0.496 e. The summed E-state index contributed by atoms with van der Waals surface area (Å²) in [5.74, 6) is -0.493. The Morgan fingerprint density at radius 3 is 2.79 bits per heavy atom. The zero-order chi connectivity index (χ0) is 17.3. The van der Waals surface area contributed by atoms with Gasteiger partial charge in [0.15, 0.2) is 0 Å². The Balaban J connectivity index is 1.84. The number of benzene rings is 1. The number of aromatic nitrogens is 2. The van der Waals surface area contributed by atoms with Gasteiger partial charge in [-0.15, -0.1) is 0 Å². The molecule has 0 atom stereocenters. The first-order chi connectivity index (χ1) is 11.4. The molecule has 1 aromatic heterocycles. The van der Waals surface area contributed by atoms with E-state index in [-0.39, 0.29) is 12.2 Å². The van der Waals surface area contributed by atoms with Gasteiger partial charge in [-0.2, -0.15) is 13.2 Å². The second-order valence-corrected chi connectivity index (χ2v) is 5.61. The van der Waals surface area contributed by atoms with Crippen molar-refractivity contribution in [2.24, 2.45) is 0 Å². The fraction of sp³-hybridized carbons (Fsp3) is 0.375. The number of para-hydroxylation sites is 1. The second kappa shape index (κ2) is 6.27. The molecule has 2 aromatic rings. The Morgan fingerprint density at radius 2 is 2.08 bits per heavy atom. The molecule has 128 valence electrons. The normalized spacial score (nSPS) is 15.2. The lowest BCUT2D eigenvalue weighted by molar-refractivity contribution is -0.145. The Kier molecular flexibility index (Phi) is 4.31. The maximum absolute atomic E-state index is 12.7. The number of alkyl halides is 3. The van der Waals surface area contributed by atoms with Crippen LogP contribution < -0.4 is 10.3 Å². The third-order valence-electron chi connectivity index (χ3n) is 4.00. The van der Waals surface area contributed by atoms with Gasteiger partial charge >= 0.3 is 6.18 Å². The Labute approximate surface area is 136 Å². The van der Waals surface area contributed by atoms with Crippen LogP contribution in [0.4, 0.5) is 13.2 Å². The molecule has 0 bridgehead atoms. The number of fused-ring (bicyclic) bond motifs is 1. The van der Waals surface area contributed by atoms with Crippen molar-refractivity contribution in [1.82, 2.24) is 14.9 Å². The molecule has 0 amide bonds. The molecule has 0 spiro atoms. The molecule has 0 radical (unpaired) electrons. The van der Waals surface area contributed by atoms with Crippen molar-refractivity contribution in [2.45, 2.75) is 25.7 Å². The number of methoxy groups -OCH3 is 1. The van der Waals surface area contributed by atoms with Crippen LogP contribution in [0.25, 0.3) is 0 Å². The summed E-state index contributed by atoms with van der Waals surface area (Å²) in [6.07, 6.45) is -4.35. The molecule has 3 rings (SSSR count). The SMILES string of the molecule is COc1ccccc1CN1CCc2nc(C(F)(F)F)[nH]c(=O)c2C1. The average Bonchev–Trinajstić information content (AvgIpc) is 2.55. The van der Waals surface area contributed by atoms with Crippen LogP contribution in [0.5, 0.6) is 5.75 Å². The van der Waals surface area contributed by atoms with Gasteiger partial charge < -0.3 is 9.72 Å². The zero-order valence-corrected chi connectivity index (χ0v) is 13.0. The fourth-order valence-corrected chi connectivity index (χ4v) is 2.82. The molecule has 1 aromatic carbocycles. The van der Waals surface area contributed by atoms with Crippen LogP contribution >= 0.6 is 0 Å². The summed E-state index contributed by atoms with van der Waals surface area (Å²) in [7, 11) is 1.58. The maximum Gasteiger partial charge on any atom is 0.449 e. The van der Waals surface area contributed by atoms with E-state index in [1.807, 2.05) is 34.1 Å². The number of H-pyrrole nitrogens is 1. The summed E-state index contributed by atoms with van der Waals surface area (Å²) in [6, 6.07) is 7.52. The van der Waals surface area contributed by atoms with Crippen molar-refractivity contribution in [3.8, 4) is 5.75 Å². The van der Waals surface area contributed by atoms with E-state index >= 15 is 0 Å². The molecular weight excluding hydrogens is 323 g/mol. The van der Waals surface area contributed by atoms with Crippen molar-refractivity contribution >= 4 is 0 Å². The number of rotatable bonds is 3. The van der Waals surface area contributed by atoms with Crippen molar-refractivity contribution in [2.75, 3.05) is 13.7 Å². The topological polar surface area (TPSA) is 58.2 Å². The van der Waals surface area contributed by atoms with Crippen molar-refractivity contribution in [3.05, 3.63) is 57.3 Å². The molecule has 0 saturated heterocycles. The molecule has 24 heavy (non-hydrogen) atoms. The van der Waals surface area contributed by atoms with Gasteiger partial charge in [0.05, 0.1) is 18.4 Å². The third kappa shape index (κ3) is 3.28. The van der Waals surface area contributed by atoms with Gasteiger partial charge in [-0.05, 0) is 6.07 Å². The molecule has 0 saturated carbocycles. The second-order valence-electron chi connectivity index (χ2n) is 5.61. The van der Waals surface area contributed by atoms with Crippen LogP contribution in [-0.4, -0.2) is 28.5 Å². The lowest BCUT2D eigenvalue weighted by Crippen LogP contribution is -2.36. The summed E-state index contributed by atoms with van der Waals surface area (Å²) in [5.41, 5.74) is 0.753. The number of nitrogens with zero attached hydrogens (tertiary/aromatic N) is 2. The summed E-state index contributed by atoms with van der Waals surface area (Å²) in [4.78, 5) is 19.4. The first-order valence-electron chi connectivity index (χ1n) is 7.42. The van der Waals surface area contributed by atoms with Crippen LogP contribution in [0.2, 0.25) is 0 Å². The monoisotopic (exact) mass is 339 g/mol. The molecule has 1 N–H and O–H groups in total. The highest BCUT2D eigenvalue weighted by Gasteiger charge is 2.35. The molecule has 2 heterocycles. The third-order valence-corrected chi connectivity index (χ3v) is 4.00. The highest BCUT2D eigenvalue weighted by molar-refractivity contribution is 5.33. The van der Waals surface area contributed by atoms with E-state index in [9.17, 15) is 18.0 Å². The fourth-order valence-electron chi connectivity index (χ4n) is 2.82. The average molecular weight is 339 g/mol. The maximum atomic E-state index is 12.7. The van der Waals surface area contributed by atoms with Crippen LogP contribution in [0.1, 0.15) is 22.6 Å². The molecule has 1 aliphatic heterocycles. The van der Waals surface area contributed by atoms with Crippen LogP contribution in [0, 0.1) is 0 Å². The smallest absolute Gasteiger partial charge is 0.449 e. The number of aromatic amines is 1. The van der Waals surface area contributed by atoms with Crippen LogP contribution in [0.3, 0.4) is 0 Å². The van der Waals surface area contributed by atoms with E-state index in [2.05, 4.69) is 4.98 Å². The molecule has 8 heteroatoms. The van der Waals surface area contributed by atoms with Crippen molar-refractivity contribution in [1.29, 1.82) is 0 Å². The Morgan fingerprint density at radius 1 is 1.33 bits per heavy atom. The zero-order valence-electron chi connectivity index (χ0n) is 13.0. The standard InChI is InChI=1S/C16H16F3N3O2/c1-24-13-5-3-2-4-10(13)8-22-7-6-12-11(9-22)14(23)21-15(20-12)16(17,18)19/h2-5H,6-9H2,1H3,(H,20,21,23). The number of nitrogens with one attached hydrogen (secondary N) is 1. The minimum absolute atomic E-state index is 0.224. The molecule has 0 aliphatic carbocycles. The summed E-state index contributed by atoms with van der Waals surface area (Å²) in [6.45, 7) is 1.33. The number of hydrogen-bond donors (Lipinski definition) is 1. The van der Waals surface area contributed by atoms with Crippen molar-refractivity contribution < 1.29 is 17.9 Å². The molecule has 0 fully saturated rings. The highest BCUT2D eigenvalue weighted by atomic mass is 19.4. The van der Waals surface area contributed by atoms with Crippen LogP contribution in [-0.2, 0) is 25.7 Å². The van der Waals surface area contributed by atoms with E-state index < -0.39 is 17.6 Å². The molecule has 0 unspecified atom stereocenters. The van der Waals surface area contributed by atoms with Crippen molar-refractivity contribution in [3.63, 3.8) is 0 Å². The summed E-state index contributed by atoms with van der Waals surface area (Å²) < 4.78 is 43.5. The summed E-state index contributed by atoms with van der Waals surface area (Å²) >= 11 is 0. The minimum atomic E-state index is -4.65. The lowest BCUT2D eigenvalue weighted by Gasteiger charge is -2.28. The van der Waals surface area contributed by atoms with Gasteiger partial charge in [-0.3, -0.25) is 9.69 Å². The summed E-state index contributed by atoms with van der Waals surface area (Å²) in [5, 5.41) is 0. The first kappa shape index (κ1) is 16.5. The predicted octanol–water partition coefficient (Wildman–Crippen LogP) is 2.36. The molecular formula is C16H16F3N3O2. The predicted molar refractivity (Wildman–Crippen MR) is 80.7 cm³/mol. The van der Waals surface area contributed by atoms with Gasteiger partial charge in [0.2, 0.25) is 5.82 Å². The number of hydrogen-bond acceptors (Lipinski definition) is 4. The first-order valence-corrected chi connectivity index (χ1v) is 7.42. The number of ether oxygens (including phenoxy) is 1. The van der Waals surface area contributed by atoms with Crippen LogP contribution in [0.15, 0.2) is 29.1 Å². The quantitative estimate of drug-likeness (QED) is 0.933. The molecule has 1 aliphatic rings. The highest BCUT2D eigenvalue weighted by Crippen LogP contribution is 2.27. The van der Waals surface area contributed by atoms with E-state index in [0.29, 0.717) is 25.1 Å². The molecule has 5 nitrogen and oxygen atoms in total. The van der Waals surface area contributed by atoms with E-state index in [0.717, 1.165) is 11.3 Å². The minimum Gasteiger partial charge on any atom is -0.496 e. The Hall–Kier alpha value is -2.35. The lowest BCUT2D eigenvalue weighted by atomic mass is 10.1. The van der Waals surface area contributed by atoms with E-state index in [1.54, 1.807) is 7.11 Å². The van der Waals surface area contributed by atoms with Gasteiger partial charge in [0.1, 0.15) is 5.75 Å².